The average molecular weight is 326 g/mol. The van der Waals surface area contributed by atoms with Crippen molar-refractivity contribution in [2.24, 2.45) is 0 Å². The molecule has 2 rings (SSSR count). The largest absolute Gasteiger partial charge is 0.394 e. The highest BCUT2D eigenvalue weighted by Gasteiger charge is 2.15. The zero-order valence-electron chi connectivity index (χ0n) is 11.3. The van der Waals surface area contributed by atoms with E-state index in [1.807, 2.05) is 30.3 Å². The van der Waals surface area contributed by atoms with Crippen LogP contribution in [-0.2, 0) is 0 Å². The molecule has 0 saturated carbocycles. The smallest absolute Gasteiger partial charge is 0.0929 e. The molecular formula is C16H17Cl2NO2. The first kappa shape index (κ1) is 16.3. The van der Waals surface area contributed by atoms with Crippen LogP contribution < -0.4 is 5.32 Å². The summed E-state index contributed by atoms with van der Waals surface area (Å²) in [6, 6.07) is 14.3. The Morgan fingerprint density at radius 1 is 1.05 bits per heavy atom. The minimum Gasteiger partial charge on any atom is -0.394 e. The van der Waals surface area contributed by atoms with Gasteiger partial charge in [0.2, 0.25) is 0 Å². The summed E-state index contributed by atoms with van der Waals surface area (Å²) < 4.78 is 0. The van der Waals surface area contributed by atoms with E-state index in [-0.39, 0.29) is 19.2 Å². The van der Waals surface area contributed by atoms with Crippen LogP contribution >= 0.6 is 23.2 Å². The highest BCUT2D eigenvalue weighted by Crippen LogP contribution is 2.26. The molecule has 0 bridgehead atoms. The minimum atomic E-state index is -0.797. The molecule has 0 saturated heterocycles. The summed E-state index contributed by atoms with van der Waals surface area (Å²) in [4.78, 5) is 0. The van der Waals surface area contributed by atoms with Gasteiger partial charge in [-0.15, -0.1) is 0 Å². The number of rotatable bonds is 6. The monoisotopic (exact) mass is 325 g/mol. The molecule has 0 aromatic heterocycles. The quantitative estimate of drug-likeness (QED) is 0.763. The van der Waals surface area contributed by atoms with Crippen molar-refractivity contribution >= 4 is 23.2 Å². The van der Waals surface area contributed by atoms with Crippen LogP contribution in [0.4, 0.5) is 0 Å². The Kier molecular flexibility index (Phi) is 6.03. The summed E-state index contributed by atoms with van der Waals surface area (Å²) in [7, 11) is 0. The van der Waals surface area contributed by atoms with Crippen LogP contribution in [0.5, 0.6) is 0 Å². The van der Waals surface area contributed by atoms with Gasteiger partial charge in [0.1, 0.15) is 0 Å². The van der Waals surface area contributed by atoms with Crippen molar-refractivity contribution in [2.45, 2.75) is 12.1 Å². The van der Waals surface area contributed by atoms with Gasteiger partial charge in [-0.05, 0) is 23.8 Å². The lowest BCUT2D eigenvalue weighted by Gasteiger charge is -2.20. The molecule has 0 heterocycles. The van der Waals surface area contributed by atoms with Crippen molar-refractivity contribution in [2.75, 3.05) is 13.2 Å². The normalized spacial score (nSPS) is 13.9. The number of aliphatic hydroxyl groups is 2. The second-order valence-electron chi connectivity index (χ2n) is 4.74. The van der Waals surface area contributed by atoms with Crippen LogP contribution in [0.2, 0.25) is 10.0 Å². The molecule has 2 aromatic carbocycles. The van der Waals surface area contributed by atoms with Gasteiger partial charge >= 0.3 is 0 Å². The second kappa shape index (κ2) is 7.78. The summed E-state index contributed by atoms with van der Waals surface area (Å²) in [5.41, 5.74) is 1.53. The highest BCUT2D eigenvalue weighted by atomic mass is 35.5. The summed E-state index contributed by atoms with van der Waals surface area (Å²) >= 11 is 12.0. The Balaban J connectivity index is 2.02. The molecule has 0 radical (unpaired) electrons. The zero-order valence-corrected chi connectivity index (χ0v) is 12.8. The first-order chi connectivity index (χ1) is 10.1. The van der Waals surface area contributed by atoms with Crippen LogP contribution in [0.15, 0.2) is 48.5 Å². The number of halogens is 2. The van der Waals surface area contributed by atoms with Gasteiger partial charge in [-0.3, -0.25) is 0 Å². The Labute approximate surface area is 134 Å². The van der Waals surface area contributed by atoms with Crippen LogP contribution in [0, 0.1) is 0 Å². The lowest BCUT2D eigenvalue weighted by Crippen LogP contribution is -2.29. The van der Waals surface area contributed by atoms with Gasteiger partial charge in [0.25, 0.3) is 0 Å². The third-order valence-electron chi connectivity index (χ3n) is 3.26. The molecule has 3 N–H and O–H groups in total. The van der Waals surface area contributed by atoms with Gasteiger partial charge in [-0.2, -0.15) is 0 Å². The molecule has 2 aromatic rings. The van der Waals surface area contributed by atoms with Crippen molar-refractivity contribution in [3.63, 3.8) is 0 Å². The first-order valence-electron chi connectivity index (χ1n) is 6.64. The number of hydrogen-bond donors (Lipinski definition) is 3. The van der Waals surface area contributed by atoms with Crippen molar-refractivity contribution < 1.29 is 10.2 Å². The topological polar surface area (TPSA) is 52.5 Å². The van der Waals surface area contributed by atoms with Crippen molar-refractivity contribution in [3.05, 3.63) is 69.7 Å². The number of hydrogen-bond acceptors (Lipinski definition) is 3. The number of aliphatic hydroxyl groups excluding tert-OH is 2. The Hall–Kier alpha value is -1.10. The maximum absolute atomic E-state index is 10.2. The number of nitrogens with one attached hydrogen (secondary N) is 1. The fourth-order valence-corrected chi connectivity index (χ4v) is 2.53. The van der Waals surface area contributed by atoms with E-state index in [4.69, 9.17) is 23.2 Å². The lowest BCUT2D eigenvalue weighted by atomic mass is 10.1. The predicted octanol–water partition coefficient (Wildman–Crippen LogP) is 3.35. The molecule has 0 amide bonds. The van der Waals surface area contributed by atoms with E-state index in [2.05, 4.69) is 5.32 Å². The summed E-state index contributed by atoms with van der Waals surface area (Å²) in [5.74, 6) is 0. The van der Waals surface area contributed by atoms with Gasteiger partial charge in [0, 0.05) is 22.2 Å². The van der Waals surface area contributed by atoms with Crippen molar-refractivity contribution in [3.8, 4) is 0 Å². The van der Waals surface area contributed by atoms with E-state index in [9.17, 15) is 10.2 Å². The van der Waals surface area contributed by atoms with Gasteiger partial charge in [-0.25, -0.2) is 0 Å². The molecule has 2 unspecified atom stereocenters. The van der Waals surface area contributed by atoms with Gasteiger partial charge in [0.05, 0.1) is 18.8 Å². The third kappa shape index (κ3) is 4.43. The number of benzene rings is 2. The van der Waals surface area contributed by atoms with Crippen LogP contribution in [0.1, 0.15) is 23.3 Å². The summed E-state index contributed by atoms with van der Waals surface area (Å²) in [6.07, 6.45) is -0.797. The van der Waals surface area contributed by atoms with E-state index < -0.39 is 6.10 Å². The van der Waals surface area contributed by atoms with Crippen molar-refractivity contribution in [1.29, 1.82) is 0 Å². The maximum atomic E-state index is 10.2. The van der Waals surface area contributed by atoms with E-state index >= 15 is 0 Å². The molecule has 0 aliphatic heterocycles. The van der Waals surface area contributed by atoms with Crippen LogP contribution in [0.3, 0.4) is 0 Å². The molecule has 0 aliphatic carbocycles. The molecule has 112 valence electrons. The molecule has 5 heteroatoms. The summed E-state index contributed by atoms with van der Waals surface area (Å²) in [6.45, 7) is 0.209. The van der Waals surface area contributed by atoms with Crippen LogP contribution in [0.25, 0.3) is 0 Å². The highest BCUT2D eigenvalue weighted by molar-refractivity contribution is 6.33. The van der Waals surface area contributed by atoms with E-state index in [1.165, 1.54) is 0 Å². The molecule has 0 fully saturated rings. The molecule has 0 aliphatic rings. The fourth-order valence-electron chi connectivity index (χ4n) is 2.11. The first-order valence-corrected chi connectivity index (χ1v) is 7.39. The Morgan fingerprint density at radius 3 is 2.43 bits per heavy atom. The van der Waals surface area contributed by atoms with E-state index in [0.717, 1.165) is 5.56 Å². The van der Waals surface area contributed by atoms with Crippen LogP contribution in [-0.4, -0.2) is 23.4 Å². The van der Waals surface area contributed by atoms with E-state index in [1.54, 1.807) is 18.2 Å². The standard InChI is InChI=1S/C16H17Cl2NO2/c17-12-6-7-14(18)13(8-12)16(21)9-19-15(10-20)11-4-2-1-3-5-11/h1-8,15-16,19-21H,9-10H2. The minimum absolute atomic E-state index is 0.0555. The molecule has 2 atom stereocenters. The molecule has 0 spiro atoms. The molecule has 21 heavy (non-hydrogen) atoms. The summed E-state index contributed by atoms with van der Waals surface area (Å²) in [5, 5.41) is 23.8. The zero-order chi connectivity index (χ0) is 15.2. The second-order valence-corrected chi connectivity index (χ2v) is 5.58. The predicted molar refractivity (Wildman–Crippen MR) is 85.7 cm³/mol. The maximum Gasteiger partial charge on any atom is 0.0929 e. The fraction of sp³-hybridized carbons (Fsp3) is 0.250. The van der Waals surface area contributed by atoms with Crippen molar-refractivity contribution in [1.82, 2.24) is 5.32 Å². The van der Waals surface area contributed by atoms with E-state index in [0.29, 0.717) is 15.6 Å². The SMILES string of the molecule is OCC(NCC(O)c1cc(Cl)ccc1Cl)c1ccccc1. The third-order valence-corrected chi connectivity index (χ3v) is 3.84. The van der Waals surface area contributed by atoms with Gasteiger partial charge in [-0.1, -0.05) is 53.5 Å². The Morgan fingerprint density at radius 2 is 1.76 bits per heavy atom. The van der Waals surface area contributed by atoms with Gasteiger partial charge < -0.3 is 15.5 Å². The Bertz CT molecular complexity index is 578. The average Bonchev–Trinajstić information content (AvgIpc) is 2.51. The molecular weight excluding hydrogens is 309 g/mol. The lowest BCUT2D eigenvalue weighted by molar-refractivity contribution is 0.159. The van der Waals surface area contributed by atoms with Gasteiger partial charge in [0.15, 0.2) is 0 Å². The molecule has 3 nitrogen and oxygen atoms in total.